The maximum Gasteiger partial charge on any atom is 0.322 e. The molecule has 4 aliphatic rings. The Morgan fingerprint density at radius 3 is 2.32 bits per heavy atom. The van der Waals surface area contributed by atoms with Crippen molar-refractivity contribution in [3.05, 3.63) is 0 Å². The SMILES string of the molecule is COC(=O)[C@H](C)NCC(=O)O[C@]1(C)CC[C@@]2(C)[C@@H](CC[C@@H]3[C@@H]2CC[C@]2(C)[C@@H](C(C)=O)CC[C@@H]32)C1. The number of esters is 2. The summed E-state index contributed by atoms with van der Waals surface area (Å²) >= 11 is 0. The van der Waals surface area contributed by atoms with Gasteiger partial charge in [0.05, 0.1) is 13.7 Å². The second kappa shape index (κ2) is 9.22. The van der Waals surface area contributed by atoms with Crippen LogP contribution in [-0.2, 0) is 23.9 Å². The van der Waals surface area contributed by atoms with Crippen LogP contribution in [-0.4, -0.2) is 43.0 Å². The standard InChI is InChI=1S/C28H45NO5/c1-17(25(32)33-6)29-16-24(31)34-26(3)13-14-27(4)19(15-26)7-8-20-22-10-9-21(18(2)30)28(22,5)12-11-23(20)27/h17,19-23,29H,7-16H2,1-6H3/t17-,19-,20-,21+,22-,23-,26+,27-,28+/m0/s1. The number of hydrogen-bond donors (Lipinski definition) is 1. The number of hydrogen-bond acceptors (Lipinski definition) is 6. The van der Waals surface area contributed by atoms with E-state index in [1.165, 1.54) is 39.2 Å². The summed E-state index contributed by atoms with van der Waals surface area (Å²) in [5, 5.41) is 2.90. The van der Waals surface area contributed by atoms with E-state index >= 15 is 0 Å². The van der Waals surface area contributed by atoms with Gasteiger partial charge in [-0.2, -0.15) is 0 Å². The van der Waals surface area contributed by atoms with Crippen LogP contribution in [0.5, 0.6) is 0 Å². The first-order valence-corrected chi connectivity index (χ1v) is 13.5. The van der Waals surface area contributed by atoms with Crippen LogP contribution in [0.4, 0.5) is 0 Å². The molecule has 4 rings (SSSR count). The summed E-state index contributed by atoms with van der Waals surface area (Å²) in [4.78, 5) is 36.5. The van der Waals surface area contributed by atoms with Gasteiger partial charge in [0, 0.05) is 5.92 Å². The van der Waals surface area contributed by atoms with E-state index in [1.807, 2.05) is 0 Å². The molecule has 9 atom stereocenters. The van der Waals surface area contributed by atoms with E-state index in [4.69, 9.17) is 9.47 Å². The third kappa shape index (κ3) is 4.33. The van der Waals surface area contributed by atoms with E-state index in [1.54, 1.807) is 13.8 Å². The van der Waals surface area contributed by atoms with Gasteiger partial charge in [-0.15, -0.1) is 0 Å². The van der Waals surface area contributed by atoms with E-state index < -0.39 is 11.6 Å². The lowest BCUT2D eigenvalue weighted by Gasteiger charge is -2.62. The van der Waals surface area contributed by atoms with Crippen LogP contribution in [0.15, 0.2) is 0 Å². The molecule has 34 heavy (non-hydrogen) atoms. The molecule has 0 aliphatic heterocycles. The number of methoxy groups -OCH3 is 1. The first-order chi connectivity index (χ1) is 15.9. The van der Waals surface area contributed by atoms with Crippen molar-refractivity contribution in [1.29, 1.82) is 0 Å². The monoisotopic (exact) mass is 475 g/mol. The summed E-state index contributed by atoms with van der Waals surface area (Å²) in [5.74, 6) is 2.68. The molecule has 0 spiro atoms. The fourth-order valence-corrected chi connectivity index (χ4v) is 8.98. The zero-order chi connectivity index (χ0) is 24.9. The normalized spacial score (nSPS) is 44.2. The lowest BCUT2D eigenvalue weighted by molar-refractivity contribution is -0.180. The smallest absolute Gasteiger partial charge is 0.322 e. The van der Waals surface area contributed by atoms with Crippen LogP contribution in [0.3, 0.4) is 0 Å². The Hall–Kier alpha value is -1.43. The van der Waals surface area contributed by atoms with E-state index in [9.17, 15) is 14.4 Å². The van der Waals surface area contributed by atoms with Crippen molar-refractivity contribution in [2.75, 3.05) is 13.7 Å². The molecular weight excluding hydrogens is 430 g/mol. The summed E-state index contributed by atoms with van der Waals surface area (Å²) < 4.78 is 10.7. The summed E-state index contributed by atoms with van der Waals surface area (Å²) in [6.45, 7) is 10.5. The molecule has 0 bridgehead atoms. The highest BCUT2D eigenvalue weighted by Crippen LogP contribution is 2.68. The Morgan fingerprint density at radius 2 is 1.65 bits per heavy atom. The lowest BCUT2D eigenvalue weighted by Crippen LogP contribution is -2.56. The highest BCUT2D eigenvalue weighted by molar-refractivity contribution is 5.79. The van der Waals surface area contributed by atoms with Crippen LogP contribution >= 0.6 is 0 Å². The van der Waals surface area contributed by atoms with Crippen molar-refractivity contribution in [3.8, 4) is 0 Å². The molecule has 6 nitrogen and oxygen atoms in total. The van der Waals surface area contributed by atoms with E-state index in [0.29, 0.717) is 23.0 Å². The Balaban J connectivity index is 1.39. The molecule has 0 saturated heterocycles. The van der Waals surface area contributed by atoms with Gasteiger partial charge in [0.2, 0.25) is 0 Å². The molecule has 1 N–H and O–H groups in total. The fourth-order valence-electron chi connectivity index (χ4n) is 8.98. The zero-order valence-corrected chi connectivity index (χ0v) is 22.1. The minimum Gasteiger partial charge on any atom is -0.468 e. The van der Waals surface area contributed by atoms with Gasteiger partial charge in [0.15, 0.2) is 0 Å². The van der Waals surface area contributed by atoms with Gasteiger partial charge < -0.3 is 9.47 Å². The van der Waals surface area contributed by atoms with Crippen molar-refractivity contribution >= 4 is 17.7 Å². The maximum atomic E-state index is 12.6. The molecule has 4 saturated carbocycles. The van der Waals surface area contributed by atoms with Gasteiger partial charge in [0.25, 0.3) is 0 Å². The third-order valence-electron chi connectivity index (χ3n) is 10.9. The fraction of sp³-hybridized carbons (Fsp3) is 0.893. The number of carbonyl (C=O) groups excluding carboxylic acids is 3. The molecule has 0 aromatic heterocycles. The topological polar surface area (TPSA) is 81.7 Å². The predicted octanol–water partition coefficient (Wildman–Crippen LogP) is 4.69. The maximum absolute atomic E-state index is 12.6. The summed E-state index contributed by atoms with van der Waals surface area (Å²) in [6.07, 6.45) is 10.1. The first kappa shape index (κ1) is 25.7. The molecule has 0 heterocycles. The molecule has 0 aromatic carbocycles. The second-order valence-electron chi connectivity index (χ2n) is 12.7. The van der Waals surface area contributed by atoms with Gasteiger partial charge in [-0.1, -0.05) is 13.8 Å². The molecule has 0 aromatic rings. The average Bonchev–Trinajstić information content (AvgIpc) is 3.15. The Labute approximate surface area is 205 Å². The number of ether oxygens (including phenoxy) is 2. The number of carbonyl (C=O) groups is 3. The lowest BCUT2D eigenvalue weighted by atomic mass is 9.44. The molecule has 0 amide bonds. The quantitative estimate of drug-likeness (QED) is 0.562. The van der Waals surface area contributed by atoms with E-state index in [0.717, 1.165) is 37.5 Å². The number of nitrogens with one attached hydrogen (secondary N) is 1. The average molecular weight is 476 g/mol. The number of ketones is 1. The van der Waals surface area contributed by atoms with Gasteiger partial charge >= 0.3 is 11.9 Å². The van der Waals surface area contributed by atoms with E-state index in [-0.39, 0.29) is 29.8 Å². The van der Waals surface area contributed by atoms with Crippen LogP contribution in [0.2, 0.25) is 0 Å². The Morgan fingerprint density at radius 1 is 0.941 bits per heavy atom. The molecule has 6 heteroatoms. The third-order valence-corrected chi connectivity index (χ3v) is 10.9. The van der Waals surface area contributed by atoms with Crippen LogP contribution in [0, 0.1) is 40.4 Å². The van der Waals surface area contributed by atoms with Gasteiger partial charge in [-0.05, 0) is 113 Å². The predicted molar refractivity (Wildman–Crippen MR) is 130 cm³/mol. The number of rotatable bonds is 6. The summed E-state index contributed by atoms with van der Waals surface area (Å²) in [7, 11) is 1.34. The van der Waals surface area contributed by atoms with Gasteiger partial charge in [0.1, 0.15) is 17.4 Å². The number of fused-ring (bicyclic) bond motifs is 5. The highest BCUT2D eigenvalue weighted by atomic mass is 16.6. The highest BCUT2D eigenvalue weighted by Gasteiger charge is 2.61. The van der Waals surface area contributed by atoms with Crippen LogP contribution in [0.1, 0.15) is 92.4 Å². The van der Waals surface area contributed by atoms with Crippen molar-refractivity contribution < 1.29 is 23.9 Å². The largest absolute Gasteiger partial charge is 0.468 e. The molecule has 0 unspecified atom stereocenters. The van der Waals surface area contributed by atoms with Gasteiger partial charge in [-0.25, -0.2) is 0 Å². The van der Waals surface area contributed by atoms with E-state index in [2.05, 4.69) is 26.1 Å². The molecular formula is C28H45NO5. The number of Topliss-reactive ketones (excluding diaryl/α,β-unsaturated/α-hetero) is 1. The molecule has 192 valence electrons. The first-order valence-electron chi connectivity index (χ1n) is 13.5. The van der Waals surface area contributed by atoms with Crippen molar-refractivity contribution in [2.24, 2.45) is 40.4 Å². The van der Waals surface area contributed by atoms with Crippen LogP contribution in [0.25, 0.3) is 0 Å². The summed E-state index contributed by atoms with van der Waals surface area (Å²) in [5.41, 5.74) is 0.0475. The minimum absolute atomic E-state index is 0.00999. The summed E-state index contributed by atoms with van der Waals surface area (Å²) in [6, 6.07) is -0.537. The minimum atomic E-state index is -0.537. The molecule has 4 aliphatic carbocycles. The Bertz CT molecular complexity index is 828. The molecule has 4 fully saturated rings. The second-order valence-corrected chi connectivity index (χ2v) is 12.7. The van der Waals surface area contributed by atoms with Gasteiger partial charge in [-0.3, -0.25) is 19.7 Å². The zero-order valence-electron chi connectivity index (χ0n) is 22.1. The van der Waals surface area contributed by atoms with Crippen LogP contribution < -0.4 is 5.32 Å². The van der Waals surface area contributed by atoms with Crippen molar-refractivity contribution in [3.63, 3.8) is 0 Å². The van der Waals surface area contributed by atoms with Crippen molar-refractivity contribution in [1.82, 2.24) is 5.32 Å². The Kier molecular flexibility index (Phi) is 6.96. The molecule has 0 radical (unpaired) electrons. The van der Waals surface area contributed by atoms with Crippen molar-refractivity contribution in [2.45, 2.75) is 104 Å².